The number of hydrogen-bond acceptors (Lipinski definition) is 7. The second-order valence-electron chi connectivity index (χ2n) is 9.23. The average Bonchev–Trinajstić information content (AvgIpc) is 3.28. The second-order valence-corrected chi connectivity index (χ2v) is 10.1. The molecule has 7 nitrogen and oxygen atoms in total. The van der Waals surface area contributed by atoms with Gasteiger partial charge in [-0.1, -0.05) is 18.2 Å². The van der Waals surface area contributed by atoms with Crippen LogP contribution in [0.5, 0.6) is 0 Å². The third kappa shape index (κ3) is 5.84. The first-order chi connectivity index (χ1) is 16.6. The number of anilines is 2. The number of nitrogens with zero attached hydrogens (tertiary/aromatic N) is 1. The highest BCUT2D eigenvalue weighted by molar-refractivity contribution is 7.18. The number of esters is 1. The topological polar surface area (TPSA) is 106 Å². The summed E-state index contributed by atoms with van der Waals surface area (Å²) in [5, 5.41) is 16.4. The van der Waals surface area contributed by atoms with Crippen LogP contribution in [-0.4, -0.2) is 33.4 Å². The van der Waals surface area contributed by atoms with Crippen molar-refractivity contribution in [3.05, 3.63) is 65.0 Å². The van der Waals surface area contributed by atoms with Crippen molar-refractivity contribution in [1.29, 1.82) is 0 Å². The monoisotopic (exact) mass is 490 g/mol. The summed E-state index contributed by atoms with van der Waals surface area (Å²) < 4.78 is 6.29. The largest absolute Gasteiger partial charge is 0.478 e. The third-order valence-corrected chi connectivity index (χ3v) is 6.24. The highest BCUT2D eigenvalue weighted by atomic mass is 32.1. The predicted molar refractivity (Wildman–Crippen MR) is 138 cm³/mol. The van der Waals surface area contributed by atoms with E-state index in [1.807, 2.05) is 38.3 Å². The number of carboxylic acid groups (broad SMARTS) is 1. The molecule has 0 saturated carbocycles. The summed E-state index contributed by atoms with van der Waals surface area (Å²) in [7, 11) is 0. The molecule has 2 aromatic heterocycles. The fraction of sp³-hybridized carbons (Fsp3) is 0.259. The van der Waals surface area contributed by atoms with E-state index in [9.17, 15) is 19.5 Å². The van der Waals surface area contributed by atoms with Crippen LogP contribution >= 0.6 is 11.3 Å². The van der Waals surface area contributed by atoms with Crippen LogP contribution in [0.25, 0.3) is 21.0 Å². The lowest BCUT2D eigenvalue weighted by molar-refractivity contribution is -0.154. The van der Waals surface area contributed by atoms with Crippen LogP contribution in [0, 0.1) is 0 Å². The molecule has 0 amide bonds. The number of thiophene rings is 1. The number of hydrogen-bond donors (Lipinski definition) is 2. The van der Waals surface area contributed by atoms with E-state index >= 15 is 0 Å². The molecule has 0 saturated heterocycles. The number of carbonyl (C=O) groups is 3. The van der Waals surface area contributed by atoms with Gasteiger partial charge in [-0.15, -0.1) is 11.3 Å². The van der Waals surface area contributed by atoms with Crippen molar-refractivity contribution in [3.8, 4) is 0 Å². The minimum absolute atomic E-state index is 0.0598. The Morgan fingerprint density at radius 2 is 1.80 bits per heavy atom. The molecule has 35 heavy (non-hydrogen) atoms. The summed E-state index contributed by atoms with van der Waals surface area (Å²) in [6.07, 6.45) is 0.846. The Kier molecular flexibility index (Phi) is 6.84. The Balaban J connectivity index is 1.52. The molecule has 0 aliphatic rings. The maximum atomic E-state index is 12.7. The molecule has 0 bridgehead atoms. The van der Waals surface area contributed by atoms with Crippen molar-refractivity contribution in [2.24, 2.45) is 0 Å². The summed E-state index contributed by atoms with van der Waals surface area (Å²) in [4.78, 5) is 40.7. The van der Waals surface area contributed by atoms with Crippen molar-refractivity contribution in [2.75, 3.05) is 5.32 Å². The maximum absolute atomic E-state index is 12.7. The first kappa shape index (κ1) is 24.3. The van der Waals surface area contributed by atoms with Gasteiger partial charge < -0.3 is 15.2 Å². The summed E-state index contributed by atoms with van der Waals surface area (Å²) in [6, 6.07) is 14.0. The molecule has 0 aliphatic carbocycles. The highest BCUT2D eigenvalue weighted by Crippen LogP contribution is 2.35. The fourth-order valence-corrected chi connectivity index (χ4v) is 4.70. The number of nitrogens with one attached hydrogen (secondary N) is 1. The molecule has 0 fully saturated rings. The zero-order chi connectivity index (χ0) is 25.2. The van der Waals surface area contributed by atoms with Crippen molar-refractivity contribution in [3.63, 3.8) is 0 Å². The molecule has 4 rings (SSSR count). The molecule has 2 aromatic carbocycles. The zero-order valence-electron chi connectivity index (χ0n) is 19.8. The number of aromatic nitrogens is 1. The lowest BCUT2D eigenvalue weighted by Crippen LogP contribution is -2.23. The van der Waals surface area contributed by atoms with Crippen molar-refractivity contribution >= 4 is 61.6 Å². The van der Waals surface area contributed by atoms with Crippen LogP contribution in [0.4, 0.5) is 11.5 Å². The van der Waals surface area contributed by atoms with E-state index in [1.54, 1.807) is 47.7 Å². The number of ketones is 1. The number of rotatable bonds is 8. The van der Waals surface area contributed by atoms with E-state index in [2.05, 4.69) is 10.3 Å². The van der Waals surface area contributed by atoms with Crippen molar-refractivity contribution in [2.45, 2.75) is 45.6 Å². The van der Waals surface area contributed by atoms with Gasteiger partial charge in [-0.05, 0) is 62.9 Å². The molecule has 0 unspecified atom stereocenters. The third-order valence-electron chi connectivity index (χ3n) is 5.29. The number of carbonyl (C=O) groups excluding carboxylic acids is 2. The molecular weight excluding hydrogens is 464 g/mol. The lowest BCUT2D eigenvalue weighted by atomic mass is 10.0. The molecule has 180 valence electrons. The van der Waals surface area contributed by atoms with E-state index in [0.717, 1.165) is 15.5 Å². The van der Waals surface area contributed by atoms with Crippen LogP contribution < -0.4 is 5.32 Å². The number of carboxylic acids is 1. The van der Waals surface area contributed by atoms with Gasteiger partial charge in [0.1, 0.15) is 11.4 Å². The van der Waals surface area contributed by atoms with Gasteiger partial charge in [0.2, 0.25) is 0 Å². The van der Waals surface area contributed by atoms with E-state index < -0.39 is 11.6 Å². The second kappa shape index (κ2) is 9.84. The molecule has 2 N–H and O–H groups in total. The van der Waals surface area contributed by atoms with Crippen LogP contribution in [0.3, 0.4) is 0 Å². The summed E-state index contributed by atoms with van der Waals surface area (Å²) in [5.74, 6) is -0.789. The number of ether oxygens (including phenoxy) is 1. The maximum Gasteiger partial charge on any atom is 0.335 e. The molecular formula is C27H26N2O5S. The van der Waals surface area contributed by atoms with Gasteiger partial charge in [-0.3, -0.25) is 9.59 Å². The van der Waals surface area contributed by atoms with Gasteiger partial charge in [-0.25, -0.2) is 9.78 Å². The Hall–Kier alpha value is -3.78. The van der Waals surface area contributed by atoms with Crippen LogP contribution in [0.1, 0.15) is 60.7 Å². The van der Waals surface area contributed by atoms with Gasteiger partial charge in [-0.2, -0.15) is 0 Å². The molecule has 4 aromatic rings. The van der Waals surface area contributed by atoms with Gasteiger partial charge >= 0.3 is 11.9 Å². The van der Waals surface area contributed by atoms with Crippen molar-refractivity contribution < 1.29 is 24.2 Å². The van der Waals surface area contributed by atoms with Crippen LogP contribution in [0.15, 0.2) is 53.9 Å². The fourth-order valence-electron chi connectivity index (χ4n) is 3.77. The average molecular weight is 491 g/mol. The Labute approximate surface area is 206 Å². The molecule has 0 radical (unpaired) electrons. The first-order valence-corrected chi connectivity index (χ1v) is 12.1. The molecule has 8 heteroatoms. The summed E-state index contributed by atoms with van der Waals surface area (Å²) in [6.45, 7) is 5.44. The number of Topliss-reactive ketones (excluding diaryl/α,β-unsaturated/α-hetero) is 1. The molecule has 0 aliphatic heterocycles. The smallest absolute Gasteiger partial charge is 0.335 e. The van der Waals surface area contributed by atoms with E-state index in [1.165, 1.54) is 0 Å². The van der Waals surface area contributed by atoms with Gasteiger partial charge in [0, 0.05) is 39.6 Å². The summed E-state index contributed by atoms with van der Waals surface area (Å²) >= 11 is 1.56. The molecule has 2 heterocycles. The minimum atomic E-state index is -1.01. The van der Waals surface area contributed by atoms with E-state index in [4.69, 9.17) is 4.74 Å². The van der Waals surface area contributed by atoms with Gasteiger partial charge in [0.25, 0.3) is 0 Å². The van der Waals surface area contributed by atoms with Crippen LogP contribution in [-0.2, 0) is 9.53 Å². The standard InChI is InChI=1S/C27H26N2O5S/c1-27(2,3)34-23(31)9-5-8-22(30)16-6-4-7-18(14-16)28-25-20-12-13-35-24(20)19-11-10-17(26(32)33)15-21(19)29-25/h4,6-7,10-15H,5,8-9H2,1-3H3,(H,28,29)(H,32,33). The van der Waals surface area contributed by atoms with Crippen molar-refractivity contribution in [1.82, 2.24) is 4.98 Å². The lowest BCUT2D eigenvalue weighted by Gasteiger charge is -2.19. The number of fused-ring (bicyclic) bond motifs is 3. The number of pyridine rings is 1. The zero-order valence-corrected chi connectivity index (χ0v) is 20.6. The normalized spacial score (nSPS) is 11.5. The summed E-state index contributed by atoms with van der Waals surface area (Å²) in [5.41, 5.74) is 1.44. The predicted octanol–water partition coefficient (Wildman–Crippen LogP) is 6.59. The number of aromatic carboxylic acids is 1. The Bertz CT molecular complexity index is 1430. The minimum Gasteiger partial charge on any atom is -0.478 e. The van der Waals surface area contributed by atoms with Crippen LogP contribution in [0.2, 0.25) is 0 Å². The van der Waals surface area contributed by atoms with E-state index in [-0.39, 0.29) is 30.2 Å². The Morgan fingerprint density at radius 3 is 2.54 bits per heavy atom. The Morgan fingerprint density at radius 1 is 1.00 bits per heavy atom. The number of benzene rings is 2. The van der Waals surface area contributed by atoms with Gasteiger partial charge in [0.05, 0.1) is 11.1 Å². The SMILES string of the molecule is CC(C)(C)OC(=O)CCCC(=O)c1cccc(Nc2nc3cc(C(=O)O)ccc3c3sccc23)c1. The molecule has 0 spiro atoms. The van der Waals surface area contributed by atoms with Gasteiger partial charge in [0.15, 0.2) is 5.78 Å². The first-order valence-electron chi connectivity index (χ1n) is 11.3. The van der Waals surface area contributed by atoms with E-state index in [0.29, 0.717) is 29.0 Å². The quantitative estimate of drug-likeness (QED) is 0.212. The molecule has 0 atom stereocenters. The highest BCUT2D eigenvalue weighted by Gasteiger charge is 2.17.